The molecule has 1 N–H and O–H groups in total. The average molecular weight is 296 g/mol. The number of hydrogen-bond donors (Lipinski definition) is 1. The Labute approximate surface area is 113 Å². The Balaban J connectivity index is 1.84. The molecule has 1 fully saturated rings. The summed E-state index contributed by atoms with van der Waals surface area (Å²) >= 11 is 3.63. The smallest absolute Gasteiger partial charge is 0.0207 e. The van der Waals surface area contributed by atoms with Gasteiger partial charge in [-0.3, -0.25) is 0 Å². The summed E-state index contributed by atoms with van der Waals surface area (Å²) in [5.41, 5.74) is 1.79. The Kier molecular flexibility index (Phi) is 4.26. The topological polar surface area (TPSA) is 12.0 Å². The van der Waals surface area contributed by atoms with E-state index >= 15 is 0 Å². The summed E-state index contributed by atoms with van der Waals surface area (Å²) in [6, 6.07) is 9.39. The fraction of sp³-hybridized carbons (Fsp3) is 0.600. The lowest BCUT2D eigenvalue weighted by Gasteiger charge is -2.25. The van der Waals surface area contributed by atoms with Crippen LogP contribution in [0.4, 0.5) is 0 Å². The van der Waals surface area contributed by atoms with Crippen LogP contribution in [0.15, 0.2) is 28.7 Å². The third-order valence-electron chi connectivity index (χ3n) is 3.44. The van der Waals surface area contributed by atoms with Gasteiger partial charge in [0.15, 0.2) is 0 Å². The molecule has 1 saturated carbocycles. The molecule has 0 heterocycles. The van der Waals surface area contributed by atoms with Gasteiger partial charge in [-0.05, 0) is 49.3 Å². The minimum Gasteiger partial charge on any atom is -0.314 e. The van der Waals surface area contributed by atoms with E-state index in [4.69, 9.17) is 0 Å². The average Bonchev–Trinajstić information content (AvgIpc) is 3.05. The van der Waals surface area contributed by atoms with Gasteiger partial charge in [-0.1, -0.05) is 48.0 Å². The van der Waals surface area contributed by atoms with E-state index in [9.17, 15) is 0 Å². The highest BCUT2D eigenvalue weighted by atomic mass is 79.9. The third kappa shape index (κ3) is 4.44. The standard InChI is InChI=1S/C15H22BrN/c1-15(2,9-10-17-13-7-8-13)11-12-5-3-4-6-14(12)16/h3-6,13,17H,7-11H2,1-2H3. The van der Waals surface area contributed by atoms with Gasteiger partial charge in [0, 0.05) is 10.5 Å². The Morgan fingerprint density at radius 3 is 2.65 bits per heavy atom. The van der Waals surface area contributed by atoms with Gasteiger partial charge >= 0.3 is 0 Å². The predicted molar refractivity (Wildman–Crippen MR) is 77.3 cm³/mol. The van der Waals surface area contributed by atoms with Crippen LogP contribution in [-0.2, 0) is 6.42 Å². The van der Waals surface area contributed by atoms with Crippen LogP contribution in [0.1, 0.15) is 38.7 Å². The first-order chi connectivity index (χ1) is 8.07. The molecule has 0 radical (unpaired) electrons. The quantitative estimate of drug-likeness (QED) is 0.831. The van der Waals surface area contributed by atoms with Gasteiger partial charge < -0.3 is 5.32 Å². The van der Waals surface area contributed by atoms with Gasteiger partial charge in [-0.2, -0.15) is 0 Å². The Bertz CT molecular complexity index is 369. The van der Waals surface area contributed by atoms with E-state index in [1.807, 2.05) is 0 Å². The fourth-order valence-corrected chi connectivity index (χ4v) is 2.57. The van der Waals surface area contributed by atoms with Crippen molar-refractivity contribution in [2.45, 2.75) is 45.6 Å². The molecule has 0 unspecified atom stereocenters. The summed E-state index contributed by atoms with van der Waals surface area (Å²) in [7, 11) is 0. The first-order valence-electron chi connectivity index (χ1n) is 6.54. The Hall–Kier alpha value is -0.340. The molecule has 17 heavy (non-hydrogen) atoms. The van der Waals surface area contributed by atoms with Crippen LogP contribution < -0.4 is 5.32 Å². The van der Waals surface area contributed by atoms with Crippen LogP contribution in [0.25, 0.3) is 0 Å². The van der Waals surface area contributed by atoms with Crippen molar-refractivity contribution in [3.8, 4) is 0 Å². The summed E-state index contributed by atoms with van der Waals surface area (Å²) in [6.07, 6.45) is 5.14. The predicted octanol–water partition coefficient (Wildman–Crippen LogP) is 4.16. The highest BCUT2D eigenvalue weighted by molar-refractivity contribution is 9.10. The van der Waals surface area contributed by atoms with Crippen LogP contribution in [0.2, 0.25) is 0 Å². The number of rotatable bonds is 6. The van der Waals surface area contributed by atoms with E-state index in [1.54, 1.807) is 0 Å². The molecular formula is C15H22BrN. The van der Waals surface area contributed by atoms with Crippen LogP contribution in [0.5, 0.6) is 0 Å². The van der Waals surface area contributed by atoms with Gasteiger partial charge in [0.05, 0.1) is 0 Å². The van der Waals surface area contributed by atoms with Crippen molar-refractivity contribution in [2.24, 2.45) is 5.41 Å². The maximum atomic E-state index is 3.63. The minimum absolute atomic E-state index is 0.367. The molecule has 1 aliphatic carbocycles. The van der Waals surface area contributed by atoms with Crippen molar-refractivity contribution in [3.05, 3.63) is 34.3 Å². The van der Waals surface area contributed by atoms with Crippen molar-refractivity contribution < 1.29 is 0 Å². The van der Waals surface area contributed by atoms with Gasteiger partial charge in [-0.15, -0.1) is 0 Å². The van der Waals surface area contributed by atoms with E-state index in [0.29, 0.717) is 5.41 Å². The van der Waals surface area contributed by atoms with Crippen LogP contribution in [0, 0.1) is 5.41 Å². The second kappa shape index (κ2) is 5.53. The van der Waals surface area contributed by atoms with Crippen molar-refractivity contribution in [3.63, 3.8) is 0 Å². The second-order valence-corrected chi connectivity index (χ2v) is 6.77. The highest BCUT2D eigenvalue weighted by Gasteiger charge is 2.23. The molecule has 0 bridgehead atoms. The largest absolute Gasteiger partial charge is 0.314 e. The molecular weight excluding hydrogens is 274 g/mol. The molecule has 1 aromatic rings. The monoisotopic (exact) mass is 295 g/mol. The minimum atomic E-state index is 0.367. The van der Waals surface area contributed by atoms with Crippen molar-refractivity contribution >= 4 is 15.9 Å². The number of nitrogens with one attached hydrogen (secondary N) is 1. The molecule has 0 amide bonds. The molecule has 0 spiro atoms. The molecule has 2 heteroatoms. The lowest BCUT2D eigenvalue weighted by atomic mass is 9.82. The zero-order valence-corrected chi connectivity index (χ0v) is 12.4. The number of halogens is 1. The van der Waals surface area contributed by atoms with Crippen molar-refractivity contribution in [1.29, 1.82) is 0 Å². The van der Waals surface area contributed by atoms with Gasteiger partial charge in [0.1, 0.15) is 0 Å². The van der Waals surface area contributed by atoms with Gasteiger partial charge in [0.25, 0.3) is 0 Å². The summed E-state index contributed by atoms with van der Waals surface area (Å²) in [5, 5.41) is 3.60. The summed E-state index contributed by atoms with van der Waals surface area (Å²) in [6.45, 7) is 5.88. The molecule has 0 atom stereocenters. The molecule has 0 saturated heterocycles. The molecule has 1 nitrogen and oxygen atoms in total. The molecule has 2 rings (SSSR count). The van der Waals surface area contributed by atoms with E-state index in [2.05, 4.69) is 59.4 Å². The zero-order chi connectivity index (χ0) is 12.3. The maximum absolute atomic E-state index is 3.63. The van der Waals surface area contributed by atoms with E-state index in [1.165, 1.54) is 29.3 Å². The van der Waals surface area contributed by atoms with E-state index in [-0.39, 0.29) is 0 Å². The molecule has 1 aromatic carbocycles. The van der Waals surface area contributed by atoms with Crippen LogP contribution in [-0.4, -0.2) is 12.6 Å². The summed E-state index contributed by atoms with van der Waals surface area (Å²) in [5.74, 6) is 0. The maximum Gasteiger partial charge on any atom is 0.0207 e. The van der Waals surface area contributed by atoms with Crippen LogP contribution in [0.3, 0.4) is 0 Å². The molecule has 1 aliphatic rings. The number of hydrogen-bond acceptors (Lipinski definition) is 1. The van der Waals surface area contributed by atoms with E-state index in [0.717, 1.165) is 19.0 Å². The Morgan fingerprint density at radius 1 is 1.29 bits per heavy atom. The third-order valence-corrected chi connectivity index (χ3v) is 4.21. The first kappa shape index (κ1) is 13.1. The lowest BCUT2D eigenvalue weighted by Crippen LogP contribution is -2.25. The molecule has 0 aromatic heterocycles. The highest BCUT2D eigenvalue weighted by Crippen LogP contribution is 2.29. The summed E-state index contributed by atoms with van der Waals surface area (Å²) < 4.78 is 1.24. The SMILES string of the molecule is CC(C)(CCNC1CC1)Cc1ccccc1Br. The molecule has 94 valence electrons. The lowest BCUT2D eigenvalue weighted by molar-refractivity contribution is 0.324. The van der Waals surface area contributed by atoms with Gasteiger partial charge in [-0.25, -0.2) is 0 Å². The van der Waals surface area contributed by atoms with Crippen molar-refractivity contribution in [2.75, 3.05) is 6.54 Å². The Morgan fingerprint density at radius 2 is 2.00 bits per heavy atom. The summed E-state index contributed by atoms with van der Waals surface area (Å²) in [4.78, 5) is 0. The first-order valence-corrected chi connectivity index (χ1v) is 7.33. The van der Waals surface area contributed by atoms with E-state index < -0.39 is 0 Å². The number of benzene rings is 1. The molecule has 0 aliphatic heterocycles. The second-order valence-electron chi connectivity index (χ2n) is 5.91. The zero-order valence-electron chi connectivity index (χ0n) is 10.8. The van der Waals surface area contributed by atoms with Gasteiger partial charge in [0.2, 0.25) is 0 Å². The van der Waals surface area contributed by atoms with Crippen LogP contribution >= 0.6 is 15.9 Å². The van der Waals surface area contributed by atoms with Crippen molar-refractivity contribution in [1.82, 2.24) is 5.32 Å². The normalized spacial score (nSPS) is 16.2. The fourth-order valence-electron chi connectivity index (χ4n) is 2.15.